The van der Waals surface area contributed by atoms with Crippen molar-refractivity contribution in [3.63, 3.8) is 0 Å². The Labute approximate surface area is 101 Å². The molecule has 1 aromatic carbocycles. The van der Waals surface area contributed by atoms with Crippen LogP contribution in [0, 0.1) is 0 Å². The van der Waals surface area contributed by atoms with Crippen molar-refractivity contribution in [3.8, 4) is 0 Å². The minimum atomic E-state index is -0.339. The first-order valence-electron chi connectivity index (χ1n) is 5.88. The zero-order chi connectivity index (χ0) is 13.3. The van der Waals surface area contributed by atoms with Gasteiger partial charge in [-0.15, -0.1) is 0 Å². The van der Waals surface area contributed by atoms with Gasteiger partial charge in [-0.1, -0.05) is 45.9 Å². The molecule has 0 aliphatic carbocycles. The number of hydrogen-bond acceptors (Lipinski definition) is 2. The van der Waals surface area contributed by atoms with E-state index in [1.54, 1.807) is 12.1 Å². The molecule has 0 unspecified atom stereocenters. The highest BCUT2D eigenvalue weighted by Gasteiger charge is 1.99. The molecule has 1 heterocycles. The van der Waals surface area contributed by atoms with E-state index in [9.17, 15) is 9.59 Å². The summed E-state index contributed by atoms with van der Waals surface area (Å²) in [6.07, 6.45) is 0.561. The number of H-pyrrole nitrogens is 1. The zero-order valence-corrected chi connectivity index (χ0v) is 10.8. The molecule has 3 nitrogen and oxygen atoms in total. The summed E-state index contributed by atoms with van der Waals surface area (Å²) in [4.78, 5) is 24.3. The number of fused-ring (bicyclic) bond motifs is 1. The van der Waals surface area contributed by atoms with Crippen LogP contribution in [0.25, 0.3) is 10.9 Å². The highest BCUT2D eigenvalue weighted by atomic mass is 16.1. The number of para-hydroxylation sites is 1. The van der Waals surface area contributed by atoms with Gasteiger partial charge in [-0.2, -0.15) is 0 Å². The van der Waals surface area contributed by atoms with E-state index >= 15 is 0 Å². The monoisotopic (exact) mass is 233 g/mol. The average molecular weight is 233 g/mol. The fraction of sp³-hybridized carbons (Fsp3) is 0.286. The van der Waals surface area contributed by atoms with Crippen molar-refractivity contribution in [2.45, 2.75) is 27.7 Å². The maximum absolute atomic E-state index is 11.2. The third-order valence-corrected chi connectivity index (χ3v) is 1.91. The van der Waals surface area contributed by atoms with Gasteiger partial charge in [0.15, 0.2) is 6.29 Å². The predicted molar refractivity (Wildman–Crippen MR) is 72.7 cm³/mol. The molecule has 92 valence electrons. The number of rotatable bonds is 1. The highest BCUT2D eigenvalue weighted by molar-refractivity contribution is 5.85. The number of nitrogens with one attached hydrogen (secondary N) is 1. The van der Waals surface area contributed by atoms with Crippen molar-refractivity contribution in [3.05, 3.63) is 46.2 Å². The maximum atomic E-state index is 11.2. The molecule has 0 aliphatic heterocycles. The number of carbonyl (C=O) groups excluding carboxylic acids is 1. The Kier molecular flexibility index (Phi) is 7.35. The van der Waals surface area contributed by atoms with Crippen molar-refractivity contribution in [2.24, 2.45) is 0 Å². The maximum Gasteiger partial charge on any atom is 0.259 e. The molecule has 1 aromatic heterocycles. The minimum absolute atomic E-state index is 0.165. The first-order chi connectivity index (χ1) is 8.31. The van der Waals surface area contributed by atoms with E-state index in [-0.39, 0.29) is 11.1 Å². The number of pyridine rings is 1. The molecule has 0 saturated carbocycles. The molecule has 3 heteroatoms. The Morgan fingerprint density at radius 3 is 2.24 bits per heavy atom. The van der Waals surface area contributed by atoms with Crippen LogP contribution in [0.5, 0.6) is 0 Å². The molecular formula is C14H19NO2. The van der Waals surface area contributed by atoms with Crippen molar-refractivity contribution >= 4 is 17.2 Å². The lowest BCUT2D eigenvalue weighted by Crippen LogP contribution is -2.10. The van der Waals surface area contributed by atoms with E-state index in [1.807, 2.05) is 45.9 Å². The van der Waals surface area contributed by atoms with Crippen molar-refractivity contribution in [1.29, 1.82) is 0 Å². The quantitative estimate of drug-likeness (QED) is 0.767. The molecule has 0 atom stereocenters. The largest absolute Gasteiger partial charge is 0.321 e. The fourth-order valence-corrected chi connectivity index (χ4v) is 1.25. The van der Waals surface area contributed by atoms with Crippen LogP contribution in [0.15, 0.2) is 35.1 Å². The molecule has 0 bridgehead atoms. The third kappa shape index (κ3) is 3.87. The molecule has 0 fully saturated rings. The van der Waals surface area contributed by atoms with Crippen molar-refractivity contribution in [2.75, 3.05) is 0 Å². The predicted octanol–water partition coefficient (Wildman–Crippen LogP) is 3.39. The number of aldehydes is 1. The lowest BCUT2D eigenvalue weighted by Gasteiger charge is -1.96. The summed E-state index contributed by atoms with van der Waals surface area (Å²) in [5, 5.41) is 0.865. The van der Waals surface area contributed by atoms with Gasteiger partial charge in [-0.25, -0.2) is 0 Å². The van der Waals surface area contributed by atoms with Gasteiger partial charge < -0.3 is 4.98 Å². The Morgan fingerprint density at radius 1 is 1.06 bits per heavy atom. The van der Waals surface area contributed by atoms with Gasteiger partial charge in [0.2, 0.25) is 0 Å². The Balaban J connectivity index is 0.000000581. The van der Waals surface area contributed by atoms with Crippen LogP contribution in [0.1, 0.15) is 38.1 Å². The number of carbonyl (C=O) groups is 1. The van der Waals surface area contributed by atoms with Gasteiger partial charge >= 0.3 is 0 Å². The standard InChI is InChI=1S/C10H7NO2.2C2H6/c12-6-8-5-7-3-1-2-4-9(7)11-10(8)13;2*1-2/h1-6H,(H,11,13);2*1-2H3. The topological polar surface area (TPSA) is 49.9 Å². The fourth-order valence-electron chi connectivity index (χ4n) is 1.25. The third-order valence-electron chi connectivity index (χ3n) is 1.91. The number of aromatic amines is 1. The van der Waals surface area contributed by atoms with Gasteiger partial charge in [-0.3, -0.25) is 9.59 Å². The minimum Gasteiger partial charge on any atom is -0.321 e. The highest BCUT2D eigenvalue weighted by Crippen LogP contribution is 2.08. The second-order valence-electron chi connectivity index (χ2n) is 2.76. The van der Waals surface area contributed by atoms with Crippen LogP contribution in [0.4, 0.5) is 0 Å². The molecule has 0 spiro atoms. The summed E-state index contributed by atoms with van der Waals surface area (Å²) in [7, 11) is 0. The van der Waals surface area contributed by atoms with E-state index in [2.05, 4.69) is 4.98 Å². The summed E-state index contributed by atoms with van der Waals surface area (Å²) in [6.45, 7) is 8.00. The number of aromatic nitrogens is 1. The van der Waals surface area contributed by atoms with Gasteiger partial charge in [-0.05, 0) is 17.5 Å². The summed E-state index contributed by atoms with van der Waals surface area (Å²) in [6, 6.07) is 8.92. The normalized spacial score (nSPS) is 8.47. The molecule has 2 aromatic rings. The molecule has 0 aliphatic rings. The summed E-state index contributed by atoms with van der Waals surface area (Å²) >= 11 is 0. The van der Waals surface area contributed by atoms with E-state index < -0.39 is 0 Å². The van der Waals surface area contributed by atoms with Gasteiger partial charge in [0, 0.05) is 5.52 Å². The van der Waals surface area contributed by atoms with Crippen LogP contribution < -0.4 is 5.56 Å². The summed E-state index contributed by atoms with van der Waals surface area (Å²) in [5.41, 5.74) is 0.575. The van der Waals surface area contributed by atoms with Crippen molar-refractivity contribution in [1.82, 2.24) is 4.98 Å². The molecule has 1 N–H and O–H groups in total. The second-order valence-corrected chi connectivity index (χ2v) is 2.76. The van der Waals surface area contributed by atoms with Crippen LogP contribution in [-0.4, -0.2) is 11.3 Å². The van der Waals surface area contributed by atoms with E-state index in [0.717, 1.165) is 10.9 Å². The van der Waals surface area contributed by atoms with Crippen LogP contribution >= 0.6 is 0 Å². The first-order valence-corrected chi connectivity index (χ1v) is 5.88. The van der Waals surface area contributed by atoms with Gasteiger partial charge in [0.1, 0.15) is 0 Å². The van der Waals surface area contributed by atoms with Crippen LogP contribution in [0.3, 0.4) is 0 Å². The second kappa shape index (κ2) is 8.28. The zero-order valence-electron chi connectivity index (χ0n) is 10.8. The summed E-state index contributed by atoms with van der Waals surface area (Å²) in [5.74, 6) is 0. The van der Waals surface area contributed by atoms with E-state index in [1.165, 1.54) is 0 Å². The summed E-state index contributed by atoms with van der Waals surface area (Å²) < 4.78 is 0. The SMILES string of the molecule is CC.CC.O=Cc1cc2ccccc2[nH]c1=O. The lowest BCUT2D eigenvalue weighted by atomic mass is 10.2. The van der Waals surface area contributed by atoms with Crippen molar-refractivity contribution < 1.29 is 4.79 Å². The average Bonchev–Trinajstić information content (AvgIpc) is 2.42. The molecule has 2 rings (SSSR count). The first kappa shape index (κ1) is 15.1. The molecular weight excluding hydrogens is 214 g/mol. The Morgan fingerprint density at radius 2 is 1.65 bits per heavy atom. The number of hydrogen-bond donors (Lipinski definition) is 1. The molecule has 0 amide bonds. The Hall–Kier alpha value is -1.90. The Bertz CT molecular complexity index is 515. The van der Waals surface area contributed by atoms with Crippen LogP contribution in [0.2, 0.25) is 0 Å². The van der Waals surface area contributed by atoms with Gasteiger partial charge in [0.25, 0.3) is 5.56 Å². The molecule has 0 radical (unpaired) electrons. The van der Waals surface area contributed by atoms with Gasteiger partial charge in [0.05, 0.1) is 5.56 Å². The molecule has 17 heavy (non-hydrogen) atoms. The van der Waals surface area contributed by atoms with E-state index in [0.29, 0.717) is 6.29 Å². The lowest BCUT2D eigenvalue weighted by molar-refractivity contribution is 0.112. The molecule has 0 saturated heterocycles. The smallest absolute Gasteiger partial charge is 0.259 e. The van der Waals surface area contributed by atoms with E-state index in [4.69, 9.17) is 0 Å². The number of benzene rings is 1. The van der Waals surface area contributed by atoms with Crippen LogP contribution in [-0.2, 0) is 0 Å².